The molecule has 1 aliphatic heterocycles. The number of carbonyl (C=O) groups is 1. The van der Waals surface area contributed by atoms with E-state index in [-0.39, 0.29) is 11.4 Å². The van der Waals surface area contributed by atoms with Crippen LogP contribution < -0.4 is 5.56 Å². The molecule has 0 spiro atoms. The van der Waals surface area contributed by atoms with Crippen molar-refractivity contribution >= 4 is 17.8 Å². The van der Waals surface area contributed by atoms with Gasteiger partial charge >= 0.3 is 5.97 Å². The number of fused-ring (bicyclic) bond motifs is 1. The Morgan fingerprint density at radius 3 is 2.21 bits per heavy atom. The highest BCUT2D eigenvalue weighted by Gasteiger charge is 2.29. The van der Waals surface area contributed by atoms with E-state index in [0.29, 0.717) is 17.0 Å². The molecule has 0 amide bonds. The number of H-pyrrole nitrogens is 1. The Hall–Kier alpha value is -3.91. The minimum atomic E-state index is -0.649. The molecule has 0 fully saturated rings. The normalized spacial score (nSPS) is 13.6. The smallest absolute Gasteiger partial charge is 0.349 e. The lowest BCUT2D eigenvalue weighted by atomic mass is 10.1. The van der Waals surface area contributed by atoms with Gasteiger partial charge in [0.15, 0.2) is 0 Å². The van der Waals surface area contributed by atoms with Crippen LogP contribution in [-0.2, 0) is 4.74 Å². The van der Waals surface area contributed by atoms with E-state index in [2.05, 4.69) is 16.8 Å². The zero-order valence-electron chi connectivity index (χ0n) is 14.9. The van der Waals surface area contributed by atoms with Gasteiger partial charge in [0, 0.05) is 22.4 Å². The van der Waals surface area contributed by atoms with Crippen LogP contribution in [0.15, 0.2) is 59.4 Å². The first-order valence-electron chi connectivity index (χ1n) is 8.55. The molecular weight excluding hydrogens is 357 g/mol. The second-order valence-corrected chi connectivity index (χ2v) is 6.35. The van der Waals surface area contributed by atoms with Gasteiger partial charge in [-0.15, -0.1) is 0 Å². The quantitative estimate of drug-likeness (QED) is 0.522. The van der Waals surface area contributed by atoms with Crippen molar-refractivity contribution in [1.82, 2.24) is 4.98 Å². The molecule has 1 aliphatic rings. The average molecular weight is 371 g/mol. The minimum Gasteiger partial charge on any atom is -0.422 e. The van der Waals surface area contributed by atoms with Crippen molar-refractivity contribution in [3.8, 4) is 11.8 Å². The number of pyridine rings is 1. The molecule has 0 saturated heterocycles. The number of benzene rings is 2. The fourth-order valence-electron chi connectivity index (χ4n) is 2.89. The van der Waals surface area contributed by atoms with Gasteiger partial charge < -0.3 is 9.72 Å². The lowest BCUT2D eigenvalue weighted by molar-refractivity contribution is 0.0715. The summed E-state index contributed by atoms with van der Waals surface area (Å²) in [6.45, 7) is 1.75. The van der Waals surface area contributed by atoms with Crippen LogP contribution in [0.1, 0.15) is 38.3 Å². The average Bonchev–Trinajstić information content (AvgIpc) is 2.98. The van der Waals surface area contributed by atoms with Crippen LogP contribution in [0.25, 0.3) is 11.8 Å². The standard InChI is InChI=1S/C23H14FNO3/c1-14-12-19-20(28-23(27)21(19)22(26)25-14)13-17-6-4-15(5-7-17)2-3-16-8-10-18(24)11-9-16/h4-13H,1H3,(H,25,26)/b20-13+. The van der Waals surface area contributed by atoms with Crippen molar-refractivity contribution in [3.05, 3.63) is 104 Å². The summed E-state index contributed by atoms with van der Waals surface area (Å²) in [5, 5.41) is 0. The predicted octanol–water partition coefficient (Wildman–Crippen LogP) is 3.89. The third kappa shape index (κ3) is 3.49. The molecule has 136 valence electrons. The Bertz CT molecular complexity index is 1220. The number of aromatic amines is 1. The third-order valence-electron chi connectivity index (χ3n) is 4.24. The number of carbonyl (C=O) groups excluding carboxylic acids is 1. The molecular formula is C23H14FNO3. The van der Waals surface area contributed by atoms with Crippen LogP contribution in [0.5, 0.6) is 0 Å². The highest BCUT2D eigenvalue weighted by molar-refractivity contribution is 6.05. The summed E-state index contributed by atoms with van der Waals surface area (Å²) in [6, 6.07) is 15.1. The molecule has 3 aromatic rings. The fourth-order valence-corrected chi connectivity index (χ4v) is 2.89. The summed E-state index contributed by atoms with van der Waals surface area (Å²) in [4.78, 5) is 26.5. The van der Waals surface area contributed by atoms with Crippen molar-refractivity contribution < 1.29 is 13.9 Å². The number of nitrogens with one attached hydrogen (secondary N) is 1. The number of hydrogen-bond acceptors (Lipinski definition) is 3. The second kappa shape index (κ2) is 7.01. The number of aryl methyl sites for hydroxylation is 1. The Kier molecular flexibility index (Phi) is 4.38. The van der Waals surface area contributed by atoms with E-state index in [1.165, 1.54) is 12.1 Å². The fraction of sp³-hybridized carbons (Fsp3) is 0.0435. The van der Waals surface area contributed by atoms with Gasteiger partial charge in [-0.25, -0.2) is 9.18 Å². The predicted molar refractivity (Wildman–Crippen MR) is 104 cm³/mol. The van der Waals surface area contributed by atoms with Gasteiger partial charge in [0.05, 0.1) is 0 Å². The van der Waals surface area contributed by atoms with Crippen molar-refractivity contribution in [2.24, 2.45) is 0 Å². The van der Waals surface area contributed by atoms with Crippen molar-refractivity contribution in [2.45, 2.75) is 6.92 Å². The Balaban J connectivity index is 1.60. The van der Waals surface area contributed by atoms with Gasteiger partial charge in [0.25, 0.3) is 5.56 Å². The zero-order valence-corrected chi connectivity index (χ0v) is 14.9. The van der Waals surface area contributed by atoms with Gasteiger partial charge in [-0.3, -0.25) is 4.79 Å². The van der Waals surface area contributed by atoms with E-state index in [1.807, 2.05) is 24.3 Å². The molecule has 0 saturated carbocycles. The van der Waals surface area contributed by atoms with Crippen LogP contribution in [0.4, 0.5) is 4.39 Å². The van der Waals surface area contributed by atoms with E-state index < -0.39 is 11.5 Å². The highest BCUT2D eigenvalue weighted by atomic mass is 19.1. The van der Waals surface area contributed by atoms with E-state index in [4.69, 9.17) is 4.74 Å². The summed E-state index contributed by atoms with van der Waals surface area (Å²) >= 11 is 0. The lowest BCUT2D eigenvalue weighted by Gasteiger charge is -2.00. The lowest BCUT2D eigenvalue weighted by Crippen LogP contribution is -2.16. The summed E-state index contributed by atoms with van der Waals surface area (Å²) in [7, 11) is 0. The topological polar surface area (TPSA) is 59.2 Å². The maximum Gasteiger partial charge on any atom is 0.349 e. The largest absolute Gasteiger partial charge is 0.422 e. The molecule has 0 unspecified atom stereocenters. The van der Waals surface area contributed by atoms with Crippen molar-refractivity contribution in [3.63, 3.8) is 0 Å². The summed E-state index contributed by atoms with van der Waals surface area (Å²) in [5.74, 6) is 5.39. The number of rotatable bonds is 1. The van der Waals surface area contributed by atoms with Crippen LogP contribution in [-0.4, -0.2) is 11.0 Å². The molecule has 0 atom stereocenters. The second-order valence-electron chi connectivity index (χ2n) is 6.35. The molecule has 2 aromatic carbocycles. The molecule has 4 rings (SSSR count). The number of esters is 1. The summed E-state index contributed by atoms with van der Waals surface area (Å²) < 4.78 is 18.2. The van der Waals surface area contributed by atoms with Gasteiger partial charge in [0.2, 0.25) is 0 Å². The van der Waals surface area contributed by atoms with E-state index in [0.717, 1.165) is 16.7 Å². The van der Waals surface area contributed by atoms with Crippen LogP contribution in [0, 0.1) is 24.6 Å². The summed E-state index contributed by atoms with van der Waals surface area (Å²) in [5.41, 5.74) is 3.05. The number of hydrogen-bond donors (Lipinski definition) is 1. The number of halogens is 1. The van der Waals surface area contributed by atoms with Crippen molar-refractivity contribution in [1.29, 1.82) is 0 Å². The molecule has 1 aromatic heterocycles. The molecule has 2 heterocycles. The maximum atomic E-state index is 12.9. The Morgan fingerprint density at radius 2 is 1.57 bits per heavy atom. The van der Waals surface area contributed by atoms with Gasteiger partial charge in [-0.1, -0.05) is 24.0 Å². The van der Waals surface area contributed by atoms with Gasteiger partial charge in [-0.2, -0.15) is 0 Å². The highest BCUT2D eigenvalue weighted by Crippen LogP contribution is 2.29. The molecule has 0 aliphatic carbocycles. The van der Waals surface area contributed by atoms with Crippen molar-refractivity contribution in [2.75, 3.05) is 0 Å². The molecule has 28 heavy (non-hydrogen) atoms. The SMILES string of the molecule is Cc1cc2c(c(=O)[nH]1)C(=O)O/C2=C/c1ccc(C#Cc2ccc(F)cc2)cc1. The number of cyclic esters (lactones) is 1. The zero-order chi connectivity index (χ0) is 19.7. The number of aromatic nitrogens is 1. The first-order chi connectivity index (χ1) is 13.5. The molecule has 4 nitrogen and oxygen atoms in total. The van der Waals surface area contributed by atoms with Gasteiger partial charge in [-0.05, 0) is 61.0 Å². The maximum absolute atomic E-state index is 12.9. The first-order valence-corrected chi connectivity index (χ1v) is 8.55. The number of ether oxygens (including phenoxy) is 1. The Morgan fingerprint density at radius 1 is 0.964 bits per heavy atom. The van der Waals surface area contributed by atoms with E-state index in [9.17, 15) is 14.0 Å². The monoisotopic (exact) mass is 371 g/mol. The van der Waals surface area contributed by atoms with Crippen LogP contribution in [0.3, 0.4) is 0 Å². The Labute approximate surface area is 160 Å². The van der Waals surface area contributed by atoms with Crippen LogP contribution >= 0.6 is 0 Å². The first kappa shape index (κ1) is 17.5. The van der Waals surface area contributed by atoms with Crippen LogP contribution in [0.2, 0.25) is 0 Å². The van der Waals surface area contributed by atoms with E-state index in [1.54, 1.807) is 31.2 Å². The molecule has 1 N–H and O–H groups in total. The van der Waals surface area contributed by atoms with Gasteiger partial charge in [0.1, 0.15) is 17.1 Å². The third-order valence-corrected chi connectivity index (χ3v) is 4.24. The minimum absolute atomic E-state index is 0.0265. The molecule has 5 heteroatoms. The molecule has 0 radical (unpaired) electrons. The summed E-state index contributed by atoms with van der Waals surface area (Å²) in [6.07, 6.45) is 1.71. The molecule has 0 bridgehead atoms. The van der Waals surface area contributed by atoms with E-state index >= 15 is 0 Å².